The lowest BCUT2D eigenvalue weighted by molar-refractivity contribution is -0.125. The van der Waals surface area contributed by atoms with Crippen LogP contribution in [0, 0.1) is 31.6 Å². The molecule has 1 amide bonds. The van der Waals surface area contributed by atoms with Gasteiger partial charge in [0.2, 0.25) is 0 Å². The number of fused-ring (bicyclic) bond motifs is 1. The van der Waals surface area contributed by atoms with Crippen molar-refractivity contribution in [3.8, 4) is 12.3 Å². The van der Waals surface area contributed by atoms with Gasteiger partial charge >= 0.3 is 0 Å². The first kappa shape index (κ1) is 15.5. The number of thiazole rings is 1. The highest BCUT2D eigenvalue weighted by molar-refractivity contribution is 7.16. The molecule has 0 atom stereocenters. The number of carbonyl (C=O) groups excluding carboxylic acids is 1. The SMILES string of the molecule is C#CCn1c(=NC(=O)C(C)(C)C)sc2c(C)cc(C)cc21. The molecular weight excluding hydrogens is 280 g/mol. The second-order valence-corrected chi connectivity index (χ2v) is 7.25. The zero-order valence-electron chi connectivity index (χ0n) is 13.2. The van der Waals surface area contributed by atoms with Crippen molar-refractivity contribution in [1.82, 2.24) is 4.57 Å². The topological polar surface area (TPSA) is 34.4 Å². The molecule has 21 heavy (non-hydrogen) atoms. The van der Waals surface area contributed by atoms with Gasteiger partial charge in [-0.15, -0.1) is 6.42 Å². The third-order valence-corrected chi connectivity index (χ3v) is 4.43. The van der Waals surface area contributed by atoms with Crippen molar-refractivity contribution < 1.29 is 4.79 Å². The molecule has 2 aromatic rings. The number of benzene rings is 1. The van der Waals surface area contributed by atoms with Crippen LogP contribution in [0.25, 0.3) is 10.2 Å². The van der Waals surface area contributed by atoms with Crippen LogP contribution in [0.3, 0.4) is 0 Å². The van der Waals surface area contributed by atoms with Gasteiger partial charge in [0.25, 0.3) is 5.91 Å². The Hall–Kier alpha value is -1.86. The maximum absolute atomic E-state index is 12.2. The molecule has 0 bridgehead atoms. The van der Waals surface area contributed by atoms with Crippen molar-refractivity contribution in [2.24, 2.45) is 10.4 Å². The van der Waals surface area contributed by atoms with Gasteiger partial charge in [0.05, 0.1) is 16.8 Å². The van der Waals surface area contributed by atoms with Crippen molar-refractivity contribution in [2.45, 2.75) is 41.2 Å². The summed E-state index contributed by atoms with van der Waals surface area (Å²) in [5.74, 6) is 2.52. The summed E-state index contributed by atoms with van der Waals surface area (Å²) in [7, 11) is 0. The maximum Gasteiger partial charge on any atom is 0.253 e. The van der Waals surface area contributed by atoms with Crippen LogP contribution in [0.1, 0.15) is 31.9 Å². The maximum atomic E-state index is 12.2. The molecule has 110 valence electrons. The summed E-state index contributed by atoms with van der Waals surface area (Å²) in [6.07, 6.45) is 5.48. The normalized spacial score (nSPS) is 12.7. The van der Waals surface area contributed by atoms with Crippen LogP contribution in [-0.2, 0) is 11.3 Å². The Kier molecular flexibility index (Phi) is 4.06. The van der Waals surface area contributed by atoms with Gasteiger partial charge in [0.15, 0.2) is 4.80 Å². The third-order valence-electron chi connectivity index (χ3n) is 3.20. The molecule has 0 aliphatic rings. The number of carbonyl (C=O) groups is 1. The molecule has 1 aromatic heterocycles. The number of amides is 1. The molecule has 0 saturated carbocycles. The van der Waals surface area contributed by atoms with Crippen LogP contribution < -0.4 is 4.80 Å². The Labute approximate surface area is 129 Å². The Bertz CT molecular complexity index is 810. The fourth-order valence-corrected chi connectivity index (χ4v) is 3.17. The van der Waals surface area contributed by atoms with Gasteiger partial charge in [-0.1, -0.05) is 44.1 Å². The van der Waals surface area contributed by atoms with Crippen LogP contribution >= 0.6 is 11.3 Å². The van der Waals surface area contributed by atoms with Crippen LogP contribution in [0.2, 0.25) is 0 Å². The molecule has 1 aromatic carbocycles. The summed E-state index contributed by atoms with van der Waals surface area (Å²) >= 11 is 1.52. The Morgan fingerprint density at radius 3 is 2.62 bits per heavy atom. The number of rotatable bonds is 1. The second kappa shape index (κ2) is 5.50. The molecule has 0 radical (unpaired) electrons. The average Bonchev–Trinajstić information content (AvgIpc) is 2.68. The minimum Gasteiger partial charge on any atom is -0.305 e. The highest BCUT2D eigenvalue weighted by Gasteiger charge is 2.21. The van der Waals surface area contributed by atoms with Gasteiger partial charge in [0.1, 0.15) is 0 Å². The Morgan fingerprint density at radius 1 is 1.38 bits per heavy atom. The zero-order chi connectivity index (χ0) is 15.8. The number of terminal acetylenes is 1. The molecule has 3 nitrogen and oxygen atoms in total. The smallest absolute Gasteiger partial charge is 0.253 e. The largest absolute Gasteiger partial charge is 0.305 e. The van der Waals surface area contributed by atoms with Crippen LogP contribution in [0.15, 0.2) is 17.1 Å². The fraction of sp³-hybridized carbons (Fsp3) is 0.412. The summed E-state index contributed by atoms with van der Waals surface area (Å²) in [6.45, 7) is 10.1. The summed E-state index contributed by atoms with van der Waals surface area (Å²) < 4.78 is 3.08. The van der Waals surface area contributed by atoms with E-state index in [1.54, 1.807) is 0 Å². The van der Waals surface area contributed by atoms with Crippen LogP contribution in [0.4, 0.5) is 0 Å². The van der Waals surface area contributed by atoms with E-state index in [0.29, 0.717) is 11.3 Å². The summed E-state index contributed by atoms with van der Waals surface area (Å²) in [4.78, 5) is 17.2. The molecule has 0 N–H and O–H groups in total. The summed E-state index contributed by atoms with van der Waals surface area (Å²) in [6, 6.07) is 4.23. The zero-order valence-corrected chi connectivity index (χ0v) is 14.0. The molecule has 0 unspecified atom stereocenters. The fourth-order valence-electron chi connectivity index (χ4n) is 2.10. The molecule has 2 rings (SSSR count). The van der Waals surface area contributed by atoms with Gasteiger partial charge in [-0.05, 0) is 31.0 Å². The third kappa shape index (κ3) is 3.08. The quantitative estimate of drug-likeness (QED) is 0.743. The lowest BCUT2D eigenvalue weighted by Gasteiger charge is -2.11. The first-order valence-corrected chi connectivity index (χ1v) is 7.69. The molecular formula is C17H20N2OS. The Balaban J connectivity index is 2.78. The molecule has 0 aliphatic carbocycles. The van der Waals surface area contributed by atoms with E-state index in [2.05, 4.69) is 36.9 Å². The first-order chi connectivity index (χ1) is 9.74. The van der Waals surface area contributed by atoms with Crippen molar-refractivity contribution in [2.75, 3.05) is 0 Å². The van der Waals surface area contributed by atoms with E-state index in [1.165, 1.54) is 22.5 Å². The van der Waals surface area contributed by atoms with Crippen molar-refractivity contribution in [3.05, 3.63) is 28.1 Å². The highest BCUT2D eigenvalue weighted by Crippen LogP contribution is 2.24. The van der Waals surface area contributed by atoms with Crippen LogP contribution in [-0.4, -0.2) is 10.5 Å². The minimum atomic E-state index is -0.491. The average molecular weight is 300 g/mol. The number of hydrogen-bond acceptors (Lipinski definition) is 2. The van der Waals surface area contributed by atoms with Gasteiger partial charge in [0, 0.05) is 5.41 Å². The molecule has 4 heteroatoms. The molecule has 0 fully saturated rings. The van der Waals surface area contributed by atoms with Crippen molar-refractivity contribution in [1.29, 1.82) is 0 Å². The van der Waals surface area contributed by atoms with E-state index in [-0.39, 0.29) is 5.91 Å². The molecule has 1 heterocycles. The lowest BCUT2D eigenvalue weighted by atomic mass is 9.96. The van der Waals surface area contributed by atoms with E-state index in [4.69, 9.17) is 6.42 Å². The van der Waals surface area contributed by atoms with E-state index >= 15 is 0 Å². The van der Waals surface area contributed by atoms with E-state index < -0.39 is 5.41 Å². The summed E-state index contributed by atoms with van der Waals surface area (Å²) in [5.41, 5.74) is 2.92. The Morgan fingerprint density at radius 2 is 2.05 bits per heavy atom. The number of aromatic nitrogens is 1. The van der Waals surface area contributed by atoms with Crippen molar-refractivity contribution in [3.63, 3.8) is 0 Å². The van der Waals surface area contributed by atoms with Gasteiger partial charge in [-0.3, -0.25) is 4.79 Å². The van der Waals surface area contributed by atoms with E-state index in [9.17, 15) is 4.79 Å². The van der Waals surface area contributed by atoms with Crippen LogP contribution in [0.5, 0.6) is 0 Å². The van der Waals surface area contributed by atoms with E-state index in [0.717, 1.165) is 10.2 Å². The first-order valence-electron chi connectivity index (χ1n) is 6.87. The predicted molar refractivity (Wildman–Crippen MR) is 88.1 cm³/mol. The lowest BCUT2D eigenvalue weighted by Crippen LogP contribution is -2.23. The number of hydrogen-bond donors (Lipinski definition) is 0. The van der Waals surface area contributed by atoms with Gasteiger partial charge < -0.3 is 4.57 Å². The van der Waals surface area contributed by atoms with Crippen molar-refractivity contribution >= 4 is 27.5 Å². The monoisotopic (exact) mass is 300 g/mol. The van der Waals surface area contributed by atoms with Gasteiger partial charge in [-0.2, -0.15) is 4.99 Å². The molecule has 0 aliphatic heterocycles. The van der Waals surface area contributed by atoms with Gasteiger partial charge in [-0.25, -0.2) is 0 Å². The predicted octanol–water partition coefficient (Wildman–Crippen LogP) is 3.43. The highest BCUT2D eigenvalue weighted by atomic mass is 32.1. The number of aryl methyl sites for hydroxylation is 2. The molecule has 0 saturated heterocycles. The second-order valence-electron chi connectivity index (χ2n) is 6.27. The number of nitrogens with zero attached hydrogens (tertiary/aromatic N) is 2. The standard InChI is InChI=1S/C17H20N2OS/c1-7-8-19-13-10-11(2)9-12(3)14(13)21-16(19)18-15(20)17(4,5)6/h1,9-10H,8H2,2-6H3. The minimum absolute atomic E-state index is 0.130. The summed E-state index contributed by atoms with van der Waals surface area (Å²) in [5, 5.41) is 0. The molecule has 0 spiro atoms. The van der Waals surface area contributed by atoms with E-state index in [1.807, 2.05) is 25.3 Å².